The van der Waals surface area contributed by atoms with E-state index >= 15 is 0 Å². The predicted molar refractivity (Wildman–Crippen MR) is 102 cm³/mol. The first kappa shape index (κ1) is 16.1. The molecule has 2 aromatic carbocycles. The van der Waals surface area contributed by atoms with E-state index in [0.717, 1.165) is 0 Å². The fraction of sp³-hybridized carbons (Fsp3) is 0. The SMILES string of the molecule is O=C1C(c2[nH]c3ccc(Br)c(Cl)c3c2O)=Nc2ccc(Br)c(Cl)c21. The summed E-state index contributed by atoms with van der Waals surface area (Å²) >= 11 is 19.1. The summed E-state index contributed by atoms with van der Waals surface area (Å²) in [6.07, 6.45) is 0. The number of H-pyrrole nitrogens is 1. The standard InChI is InChI=1S/C16H6Br2Cl2N2O2/c17-5-1-3-7-9(11(5)19)15(23)13(21-7)14-16(24)10-8(22-14)4-2-6(18)12(10)20/h1-4,21,23H. The van der Waals surface area contributed by atoms with Crippen LogP contribution in [0.3, 0.4) is 0 Å². The third kappa shape index (κ3) is 2.17. The van der Waals surface area contributed by atoms with Crippen LogP contribution in [0, 0.1) is 0 Å². The lowest BCUT2D eigenvalue weighted by Crippen LogP contribution is -2.12. The Labute approximate surface area is 162 Å². The molecule has 0 spiro atoms. The van der Waals surface area contributed by atoms with Gasteiger partial charge in [0.2, 0.25) is 5.78 Å². The van der Waals surface area contributed by atoms with Crippen LogP contribution in [-0.2, 0) is 0 Å². The number of halogens is 4. The zero-order valence-electron chi connectivity index (χ0n) is 11.6. The van der Waals surface area contributed by atoms with E-state index in [1.54, 1.807) is 24.3 Å². The van der Waals surface area contributed by atoms with Crippen LogP contribution in [0.1, 0.15) is 16.1 Å². The van der Waals surface area contributed by atoms with Crippen LogP contribution < -0.4 is 0 Å². The van der Waals surface area contributed by atoms with E-state index in [1.165, 1.54) is 0 Å². The third-order valence-electron chi connectivity index (χ3n) is 3.81. The number of carbonyl (C=O) groups excluding carboxylic acids is 1. The van der Waals surface area contributed by atoms with Crippen LogP contribution in [-0.4, -0.2) is 21.6 Å². The summed E-state index contributed by atoms with van der Waals surface area (Å²) in [6.45, 7) is 0. The van der Waals surface area contributed by atoms with Gasteiger partial charge in [-0.05, 0) is 56.1 Å². The Kier molecular flexibility index (Phi) is 3.76. The van der Waals surface area contributed by atoms with E-state index in [1.807, 2.05) is 0 Å². The minimum absolute atomic E-state index is 0.103. The maximum atomic E-state index is 12.7. The zero-order chi connectivity index (χ0) is 17.2. The number of nitrogens with one attached hydrogen (secondary N) is 1. The second-order valence-corrected chi connectivity index (χ2v) is 7.64. The molecule has 0 fully saturated rings. The molecule has 0 aliphatic carbocycles. The maximum Gasteiger partial charge on any atom is 0.217 e. The molecular weight excluding hydrogens is 483 g/mol. The number of aliphatic imine (C=N–C) groups is 1. The molecule has 0 saturated heterocycles. The number of aromatic nitrogens is 1. The van der Waals surface area contributed by atoms with Gasteiger partial charge in [-0.3, -0.25) is 4.79 Å². The minimum atomic E-state index is -0.353. The van der Waals surface area contributed by atoms with E-state index in [-0.39, 0.29) is 22.9 Å². The Bertz CT molecular complexity index is 1090. The lowest BCUT2D eigenvalue weighted by atomic mass is 10.1. The molecule has 2 heterocycles. The number of hydrogen-bond donors (Lipinski definition) is 2. The van der Waals surface area contributed by atoms with Crippen LogP contribution in [0.4, 0.5) is 5.69 Å². The second-order valence-electron chi connectivity index (χ2n) is 5.18. The molecule has 0 bridgehead atoms. The molecule has 0 saturated carbocycles. The number of aromatic hydroxyl groups is 1. The van der Waals surface area contributed by atoms with Crippen molar-refractivity contribution in [2.45, 2.75) is 0 Å². The Balaban J connectivity index is 1.94. The predicted octanol–water partition coefficient (Wildman–Crippen LogP) is 6.02. The van der Waals surface area contributed by atoms with Gasteiger partial charge in [0.25, 0.3) is 0 Å². The lowest BCUT2D eigenvalue weighted by molar-refractivity contribution is 0.107. The highest BCUT2D eigenvalue weighted by Gasteiger charge is 2.32. The van der Waals surface area contributed by atoms with E-state index in [9.17, 15) is 9.90 Å². The quantitative estimate of drug-likeness (QED) is 0.439. The number of Topliss-reactive ketones (excluding diaryl/α,β-unsaturated/α-hetero) is 1. The Hall–Kier alpha value is -1.34. The molecule has 3 aromatic rings. The van der Waals surface area contributed by atoms with Crippen molar-refractivity contribution in [3.05, 3.63) is 54.5 Å². The van der Waals surface area contributed by atoms with Gasteiger partial charge in [-0.25, -0.2) is 4.99 Å². The largest absolute Gasteiger partial charge is 0.505 e. The molecule has 24 heavy (non-hydrogen) atoms. The Morgan fingerprint density at radius 2 is 1.71 bits per heavy atom. The molecule has 0 amide bonds. The molecule has 1 aliphatic heterocycles. The van der Waals surface area contributed by atoms with Crippen LogP contribution >= 0.6 is 55.1 Å². The molecule has 4 nitrogen and oxygen atoms in total. The Morgan fingerprint density at radius 3 is 2.46 bits per heavy atom. The highest BCUT2D eigenvalue weighted by molar-refractivity contribution is 9.10. The molecule has 0 unspecified atom stereocenters. The summed E-state index contributed by atoms with van der Waals surface area (Å²) in [7, 11) is 0. The topological polar surface area (TPSA) is 65.5 Å². The van der Waals surface area contributed by atoms with Gasteiger partial charge < -0.3 is 10.1 Å². The van der Waals surface area contributed by atoms with Gasteiger partial charge >= 0.3 is 0 Å². The lowest BCUT2D eigenvalue weighted by Gasteiger charge is -2.01. The first-order chi connectivity index (χ1) is 11.4. The average Bonchev–Trinajstić information content (AvgIpc) is 3.05. The Morgan fingerprint density at radius 1 is 1.04 bits per heavy atom. The normalized spacial score (nSPS) is 13.5. The van der Waals surface area contributed by atoms with Crippen molar-refractivity contribution in [1.82, 2.24) is 4.98 Å². The summed E-state index contributed by atoms with van der Waals surface area (Å²) in [5.74, 6) is -0.472. The summed E-state index contributed by atoms with van der Waals surface area (Å²) in [5.41, 5.74) is 1.71. The van der Waals surface area contributed by atoms with Gasteiger partial charge in [0.05, 0.1) is 32.2 Å². The number of hydrogen-bond acceptors (Lipinski definition) is 3. The molecule has 0 atom stereocenters. The summed E-state index contributed by atoms with van der Waals surface area (Å²) < 4.78 is 1.26. The van der Waals surface area contributed by atoms with Gasteiger partial charge in [0.1, 0.15) is 11.4 Å². The molecule has 4 rings (SSSR count). The zero-order valence-corrected chi connectivity index (χ0v) is 16.3. The van der Waals surface area contributed by atoms with Gasteiger partial charge in [-0.1, -0.05) is 23.2 Å². The van der Waals surface area contributed by atoms with Gasteiger partial charge in [-0.2, -0.15) is 0 Å². The number of fused-ring (bicyclic) bond motifs is 2. The minimum Gasteiger partial charge on any atom is -0.505 e. The first-order valence-corrected chi connectivity index (χ1v) is 9.04. The van der Waals surface area contributed by atoms with Crippen molar-refractivity contribution in [3.63, 3.8) is 0 Å². The van der Waals surface area contributed by atoms with Crippen molar-refractivity contribution in [3.8, 4) is 5.75 Å². The average molecular weight is 489 g/mol. The molecule has 1 aromatic heterocycles. The van der Waals surface area contributed by atoms with Gasteiger partial charge in [0.15, 0.2) is 5.75 Å². The molecule has 0 radical (unpaired) electrons. The number of nitrogens with zero attached hydrogens (tertiary/aromatic N) is 1. The number of carbonyl (C=O) groups is 1. The van der Waals surface area contributed by atoms with Gasteiger partial charge in [0, 0.05) is 8.95 Å². The van der Waals surface area contributed by atoms with E-state index in [4.69, 9.17) is 23.2 Å². The smallest absolute Gasteiger partial charge is 0.217 e. The number of benzene rings is 2. The highest BCUT2D eigenvalue weighted by Crippen LogP contribution is 2.42. The van der Waals surface area contributed by atoms with Crippen molar-refractivity contribution in [2.75, 3.05) is 0 Å². The van der Waals surface area contributed by atoms with Crippen molar-refractivity contribution in [1.29, 1.82) is 0 Å². The number of aromatic amines is 1. The molecule has 8 heteroatoms. The van der Waals surface area contributed by atoms with Crippen LogP contribution in [0.15, 0.2) is 38.2 Å². The van der Waals surface area contributed by atoms with Crippen molar-refractivity contribution in [2.24, 2.45) is 4.99 Å². The van der Waals surface area contributed by atoms with Crippen LogP contribution in [0.2, 0.25) is 10.0 Å². The van der Waals surface area contributed by atoms with Crippen molar-refractivity contribution >= 4 is 83.1 Å². The summed E-state index contributed by atoms with van der Waals surface area (Å²) in [4.78, 5) is 20.1. The van der Waals surface area contributed by atoms with E-state index in [0.29, 0.717) is 41.1 Å². The van der Waals surface area contributed by atoms with E-state index in [2.05, 4.69) is 41.8 Å². The summed E-state index contributed by atoms with van der Waals surface area (Å²) in [6, 6.07) is 6.93. The summed E-state index contributed by atoms with van der Waals surface area (Å²) in [5, 5.41) is 11.7. The highest BCUT2D eigenvalue weighted by atomic mass is 79.9. The monoisotopic (exact) mass is 486 g/mol. The van der Waals surface area contributed by atoms with Crippen molar-refractivity contribution < 1.29 is 9.90 Å². The maximum absolute atomic E-state index is 12.7. The second kappa shape index (κ2) is 5.59. The third-order valence-corrected chi connectivity index (χ3v) is 6.38. The molecular formula is C16H6Br2Cl2N2O2. The molecule has 2 N–H and O–H groups in total. The van der Waals surface area contributed by atoms with E-state index < -0.39 is 0 Å². The van der Waals surface area contributed by atoms with Gasteiger partial charge in [-0.15, -0.1) is 0 Å². The van der Waals surface area contributed by atoms with Crippen LogP contribution in [0.25, 0.3) is 10.9 Å². The molecule has 1 aliphatic rings. The number of ketones is 1. The fourth-order valence-corrected chi connectivity index (χ4v) is 3.85. The fourth-order valence-electron chi connectivity index (χ4n) is 2.69. The first-order valence-electron chi connectivity index (χ1n) is 6.70. The molecule has 120 valence electrons. The number of rotatable bonds is 1. The van der Waals surface area contributed by atoms with Crippen LogP contribution in [0.5, 0.6) is 5.75 Å².